The second-order valence-corrected chi connectivity index (χ2v) is 8.03. The maximum atomic E-state index is 11.9. The standard InChI is InChI=1S/C20H26ClN5OS/c1-22-20(24-10-4-9-23-19(27)18-7-3-12-28-18)25-16-8-11-26(14-16)17-6-2-5-15(21)13-17/h2-3,5-7,12-13,16H,4,8-11,14H2,1H3,(H,23,27)(H2,22,24,25). The lowest BCUT2D eigenvalue weighted by Crippen LogP contribution is -2.45. The first kappa shape index (κ1) is 20.5. The summed E-state index contributed by atoms with van der Waals surface area (Å²) < 4.78 is 0. The Kier molecular flexibility index (Phi) is 7.56. The van der Waals surface area contributed by atoms with Crippen molar-refractivity contribution in [1.82, 2.24) is 16.0 Å². The first-order valence-corrected chi connectivity index (χ1v) is 10.7. The average Bonchev–Trinajstić information content (AvgIpc) is 3.39. The van der Waals surface area contributed by atoms with Crippen molar-refractivity contribution in [2.24, 2.45) is 4.99 Å². The van der Waals surface area contributed by atoms with Gasteiger partial charge in [0.15, 0.2) is 5.96 Å². The summed E-state index contributed by atoms with van der Waals surface area (Å²) in [6.07, 6.45) is 1.88. The molecule has 1 fully saturated rings. The van der Waals surface area contributed by atoms with E-state index < -0.39 is 0 Å². The lowest BCUT2D eigenvalue weighted by molar-refractivity contribution is 0.0957. The van der Waals surface area contributed by atoms with Crippen LogP contribution in [0.2, 0.25) is 5.02 Å². The molecule has 0 spiro atoms. The summed E-state index contributed by atoms with van der Waals surface area (Å²) >= 11 is 7.55. The van der Waals surface area contributed by atoms with Gasteiger partial charge in [0, 0.05) is 50.0 Å². The van der Waals surface area contributed by atoms with Crippen molar-refractivity contribution in [2.75, 3.05) is 38.1 Å². The van der Waals surface area contributed by atoms with Gasteiger partial charge in [-0.2, -0.15) is 0 Å². The molecule has 1 saturated heterocycles. The van der Waals surface area contributed by atoms with Gasteiger partial charge in [-0.25, -0.2) is 0 Å². The zero-order valence-electron chi connectivity index (χ0n) is 16.0. The van der Waals surface area contributed by atoms with E-state index in [0.717, 1.165) is 54.0 Å². The van der Waals surface area contributed by atoms with Crippen LogP contribution in [0.5, 0.6) is 0 Å². The first-order chi connectivity index (χ1) is 13.7. The van der Waals surface area contributed by atoms with Crippen molar-refractivity contribution in [2.45, 2.75) is 18.9 Å². The number of nitrogens with one attached hydrogen (secondary N) is 3. The molecular weight excluding hydrogens is 394 g/mol. The van der Waals surface area contributed by atoms with Crippen molar-refractivity contribution >= 4 is 40.5 Å². The highest BCUT2D eigenvalue weighted by atomic mass is 35.5. The highest BCUT2D eigenvalue weighted by Crippen LogP contribution is 2.23. The molecule has 0 bridgehead atoms. The van der Waals surface area contributed by atoms with Crippen LogP contribution < -0.4 is 20.9 Å². The largest absolute Gasteiger partial charge is 0.369 e. The maximum absolute atomic E-state index is 11.9. The van der Waals surface area contributed by atoms with Crippen molar-refractivity contribution in [1.29, 1.82) is 0 Å². The Balaban J connectivity index is 1.35. The van der Waals surface area contributed by atoms with Crippen LogP contribution in [0.3, 0.4) is 0 Å². The highest BCUT2D eigenvalue weighted by molar-refractivity contribution is 7.12. The Morgan fingerprint density at radius 2 is 2.14 bits per heavy atom. The van der Waals surface area contributed by atoms with Crippen LogP contribution in [0.1, 0.15) is 22.5 Å². The quantitative estimate of drug-likeness (QED) is 0.366. The van der Waals surface area contributed by atoms with Gasteiger partial charge in [0.1, 0.15) is 0 Å². The van der Waals surface area contributed by atoms with Crippen molar-refractivity contribution in [3.05, 3.63) is 51.7 Å². The third-order valence-corrected chi connectivity index (χ3v) is 5.71. The molecular formula is C20H26ClN5OS. The van der Waals surface area contributed by atoms with Crippen LogP contribution in [-0.2, 0) is 0 Å². The SMILES string of the molecule is CN=C(NCCCNC(=O)c1cccs1)NC1CCN(c2cccc(Cl)c2)C1. The van der Waals surface area contributed by atoms with E-state index in [1.54, 1.807) is 7.05 Å². The molecule has 1 aromatic heterocycles. The second-order valence-electron chi connectivity index (χ2n) is 6.64. The molecule has 2 heterocycles. The third kappa shape index (κ3) is 5.87. The van der Waals surface area contributed by atoms with Gasteiger partial charge in [-0.15, -0.1) is 11.3 Å². The van der Waals surface area contributed by atoms with E-state index >= 15 is 0 Å². The molecule has 6 nitrogen and oxygen atoms in total. The van der Waals surface area contributed by atoms with Gasteiger partial charge in [0.25, 0.3) is 5.91 Å². The summed E-state index contributed by atoms with van der Waals surface area (Å²) in [6.45, 7) is 3.28. The van der Waals surface area contributed by atoms with Gasteiger partial charge in [-0.05, 0) is 42.5 Å². The molecule has 1 aliphatic heterocycles. The molecule has 1 unspecified atom stereocenters. The Bertz CT molecular complexity index is 796. The van der Waals surface area contributed by atoms with Crippen LogP contribution in [0, 0.1) is 0 Å². The minimum Gasteiger partial charge on any atom is -0.369 e. The number of hydrogen-bond donors (Lipinski definition) is 3. The van der Waals surface area contributed by atoms with E-state index in [4.69, 9.17) is 11.6 Å². The number of amides is 1. The summed E-state index contributed by atoms with van der Waals surface area (Å²) in [4.78, 5) is 19.3. The van der Waals surface area contributed by atoms with Gasteiger partial charge < -0.3 is 20.9 Å². The van der Waals surface area contributed by atoms with Crippen LogP contribution >= 0.6 is 22.9 Å². The van der Waals surface area contributed by atoms with Crippen LogP contribution in [0.4, 0.5) is 5.69 Å². The monoisotopic (exact) mass is 419 g/mol. The van der Waals surface area contributed by atoms with E-state index in [2.05, 4.69) is 31.9 Å². The van der Waals surface area contributed by atoms with Crippen molar-refractivity contribution in [3.63, 3.8) is 0 Å². The number of carbonyl (C=O) groups excluding carboxylic acids is 1. The maximum Gasteiger partial charge on any atom is 0.261 e. The number of thiophene rings is 1. The molecule has 1 atom stereocenters. The summed E-state index contributed by atoms with van der Waals surface area (Å²) in [5.74, 6) is 0.784. The number of nitrogens with zero attached hydrogens (tertiary/aromatic N) is 2. The minimum absolute atomic E-state index is 0.00966. The first-order valence-electron chi connectivity index (χ1n) is 9.45. The zero-order chi connectivity index (χ0) is 19.8. The number of halogens is 1. The minimum atomic E-state index is -0.00966. The van der Waals surface area contributed by atoms with E-state index in [1.165, 1.54) is 11.3 Å². The molecule has 150 valence electrons. The molecule has 3 rings (SSSR count). The van der Waals surface area contributed by atoms with Crippen molar-refractivity contribution < 1.29 is 4.79 Å². The Morgan fingerprint density at radius 3 is 2.89 bits per heavy atom. The third-order valence-electron chi connectivity index (χ3n) is 4.60. The molecule has 0 saturated carbocycles. The molecule has 0 radical (unpaired) electrons. The molecule has 1 amide bonds. The summed E-state index contributed by atoms with van der Waals surface area (Å²) in [5, 5.41) is 12.4. The number of guanidine groups is 1. The summed E-state index contributed by atoms with van der Waals surface area (Å²) in [7, 11) is 1.78. The summed E-state index contributed by atoms with van der Waals surface area (Å²) in [6, 6.07) is 12.0. The number of rotatable bonds is 7. The Morgan fingerprint density at radius 1 is 1.29 bits per heavy atom. The van der Waals surface area contributed by atoms with Gasteiger partial charge in [0.05, 0.1) is 4.88 Å². The van der Waals surface area contributed by atoms with Gasteiger partial charge >= 0.3 is 0 Å². The number of anilines is 1. The summed E-state index contributed by atoms with van der Waals surface area (Å²) in [5.41, 5.74) is 1.15. The smallest absolute Gasteiger partial charge is 0.261 e. The second kappa shape index (κ2) is 10.3. The van der Waals surface area contributed by atoms with Crippen LogP contribution in [-0.4, -0.2) is 51.1 Å². The average molecular weight is 420 g/mol. The number of benzene rings is 1. The van der Waals surface area contributed by atoms with Crippen molar-refractivity contribution in [3.8, 4) is 0 Å². The lowest BCUT2D eigenvalue weighted by Gasteiger charge is -2.20. The fraction of sp³-hybridized carbons (Fsp3) is 0.400. The normalized spacial score (nSPS) is 16.9. The van der Waals surface area contributed by atoms with Crippen LogP contribution in [0.15, 0.2) is 46.8 Å². The molecule has 3 N–H and O–H groups in total. The fourth-order valence-corrected chi connectivity index (χ4v) is 3.99. The molecule has 0 aliphatic carbocycles. The molecule has 1 aliphatic rings. The lowest BCUT2D eigenvalue weighted by atomic mass is 10.2. The number of aliphatic imine (C=N–C) groups is 1. The van der Waals surface area contributed by atoms with Gasteiger partial charge in [-0.3, -0.25) is 9.79 Å². The zero-order valence-corrected chi connectivity index (χ0v) is 17.5. The van der Waals surface area contributed by atoms with E-state index in [0.29, 0.717) is 12.6 Å². The van der Waals surface area contributed by atoms with Gasteiger partial charge in [0.2, 0.25) is 0 Å². The Hall–Kier alpha value is -2.25. The van der Waals surface area contributed by atoms with E-state index in [-0.39, 0.29) is 5.91 Å². The highest BCUT2D eigenvalue weighted by Gasteiger charge is 2.23. The molecule has 1 aromatic carbocycles. The topological polar surface area (TPSA) is 68.8 Å². The van der Waals surface area contributed by atoms with E-state index in [1.807, 2.05) is 35.7 Å². The molecule has 8 heteroatoms. The molecule has 28 heavy (non-hydrogen) atoms. The predicted molar refractivity (Wildman–Crippen MR) is 118 cm³/mol. The van der Waals surface area contributed by atoms with Crippen LogP contribution in [0.25, 0.3) is 0 Å². The fourth-order valence-electron chi connectivity index (χ4n) is 3.17. The predicted octanol–water partition coefficient (Wildman–Crippen LogP) is 2.97. The molecule has 2 aromatic rings. The Labute approximate surface area is 175 Å². The number of carbonyl (C=O) groups is 1. The van der Waals surface area contributed by atoms with Gasteiger partial charge in [-0.1, -0.05) is 23.7 Å². The van der Waals surface area contributed by atoms with E-state index in [9.17, 15) is 4.79 Å². The number of hydrogen-bond acceptors (Lipinski definition) is 4.